The molecule has 0 spiro atoms. The fraction of sp³-hybridized carbons (Fsp3) is 0.160. The number of rotatable bonds is 4. The predicted octanol–water partition coefficient (Wildman–Crippen LogP) is 4.44. The number of ketones is 1. The number of halogens is 1. The molecule has 0 saturated heterocycles. The molecule has 1 unspecified atom stereocenters. The maximum Gasteiger partial charge on any atom is 0.337 e. The first kappa shape index (κ1) is 22.6. The van der Waals surface area contributed by atoms with E-state index in [1.807, 2.05) is 0 Å². The van der Waals surface area contributed by atoms with Crippen LogP contribution in [0.5, 0.6) is 0 Å². The number of methoxy groups -OCH3 is 1. The molecule has 0 radical (unpaired) electrons. The summed E-state index contributed by atoms with van der Waals surface area (Å²) in [7, 11) is 1.26. The van der Waals surface area contributed by atoms with Crippen molar-refractivity contribution in [3.63, 3.8) is 0 Å². The molecule has 1 aliphatic rings. The second kappa shape index (κ2) is 8.24. The molecule has 0 N–H and O–H groups in total. The topological polar surface area (TPSA) is 107 Å². The Morgan fingerprint density at radius 3 is 2.49 bits per heavy atom. The molecule has 5 rings (SSSR count). The minimum atomic E-state index is -0.974. The quantitative estimate of drug-likeness (QED) is 0.306. The van der Waals surface area contributed by atoms with Crippen molar-refractivity contribution in [3.8, 4) is 0 Å². The summed E-state index contributed by atoms with van der Waals surface area (Å²) in [6.45, 7) is 3.06. The standard InChI is InChI=1S/C25H17FN2O6S/c1-11-22(12(2)29)35-25(27-11)28-19(13-4-6-14(7-5-13)24(32)33-3)18-20(30)16-10-15(26)8-9-17(16)34-21(18)23(28)31/h4-10,19H,1-3H3. The SMILES string of the molecule is COC(=O)c1ccc(C2c3c(oc4ccc(F)cc4c3=O)C(=O)N2c2nc(C)c(C(C)=O)s2)cc1. The number of amides is 1. The number of nitrogens with zero attached hydrogens (tertiary/aromatic N) is 2. The molecular weight excluding hydrogens is 475 g/mol. The van der Waals surface area contributed by atoms with Crippen LogP contribution in [-0.4, -0.2) is 29.8 Å². The molecule has 0 saturated carbocycles. The Hall–Kier alpha value is -4.18. The highest BCUT2D eigenvalue weighted by Gasteiger charge is 2.45. The molecular formula is C25H17FN2O6S. The van der Waals surface area contributed by atoms with Gasteiger partial charge in [0.2, 0.25) is 5.76 Å². The van der Waals surface area contributed by atoms with Crippen molar-refractivity contribution in [2.45, 2.75) is 19.9 Å². The van der Waals surface area contributed by atoms with Crippen LogP contribution in [0.25, 0.3) is 11.0 Å². The van der Waals surface area contributed by atoms with Gasteiger partial charge < -0.3 is 9.15 Å². The fourth-order valence-corrected chi connectivity index (χ4v) is 5.18. The summed E-state index contributed by atoms with van der Waals surface area (Å²) in [5.74, 6) is -2.17. The summed E-state index contributed by atoms with van der Waals surface area (Å²) in [5.41, 5.74) is 0.765. The van der Waals surface area contributed by atoms with Gasteiger partial charge in [-0.3, -0.25) is 19.3 Å². The van der Waals surface area contributed by atoms with Gasteiger partial charge in [-0.15, -0.1) is 0 Å². The number of carbonyl (C=O) groups excluding carboxylic acids is 3. The van der Waals surface area contributed by atoms with Crippen LogP contribution in [0.3, 0.4) is 0 Å². The smallest absolute Gasteiger partial charge is 0.337 e. The van der Waals surface area contributed by atoms with E-state index in [1.165, 1.54) is 37.1 Å². The average molecular weight is 492 g/mol. The summed E-state index contributed by atoms with van der Waals surface area (Å²) in [6, 6.07) is 8.73. The highest BCUT2D eigenvalue weighted by atomic mass is 32.1. The molecule has 10 heteroatoms. The number of aromatic nitrogens is 1. The maximum absolute atomic E-state index is 13.9. The Labute approximate surface area is 201 Å². The van der Waals surface area contributed by atoms with E-state index in [-0.39, 0.29) is 38.8 Å². The molecule has 1 amide bonds. The first-order valence-corrected chi connectivity index (χ1v) is 11.3. The molecule has 0 aliphatic carbocycles. The molecule has 1 atom stereocenters. The third kappa shape index (κ3) is 3.53. The lowest BCUT2D eigenvalue weighted by atomic mass is 9.97. The van der Waals surface area contributed by atoms with Crippen molar-refractivity contribution in [2.75, 3.05) is 12.0 Å². The summed E-state index contributed by atoms with van der Waals surface area (Å²) in [4.78, 5) is 57.1. The van der Waals surface area contributed by atoms with Crippen molar-refractivity contribution in [1.82, 2.24) is 4.98 Å². The second-order valence-electron chi connectivity index (χ2n) is 7.97. The summed E-state index contributed by atoms with van der Waals surface area (Å²) >= 11 is 1.03. The van der Waals surface area contributed by atoms with Gasteiger partial charge >= 0.3 is 5.97 Å². The molecule has 8 nitrogen and oxygen atoms in total. The van der Waals surface area contributed by atoms with Crippen LogP contribution < -0.4 is 10.3 Å². The molecule has 0 bridgehead atoms. The minimum absolute atomic E-state index is 0.00525. The van der Waals surface area contributed by atoms with E-state index < -0.39 is 29.2 Å². The van der Waals surface area contributed by atoms with Gasteiger partial charge in [0.25, 0.3) is 5.91 Å². The zero-order chi connectivity index (χ0) is 25.0. The number of hydrogen-bond donors (Lipinski definition) is 0. The van der Waals surface area contributed by atoms with Gasteiger partial charge in [-0.25, -0.2) is 14.2 Å². The lowest BCUT2D eigenvalue weighted by Gasteiger charge is -2.22. The highest BCUT2D eigenvalue weighted by Crippen LogP contribution is 2.43. The third-order valence-electron chi connectivity index (χ3n) is 5.79. The van der Waals surface area contributed by atoms with Gasteiger partial charge in [-0.1, -0.05) is 23.5 Å². The number of thiazole rings is 1. The Balaban J connectivity index is 1.77. The Morgan fingerprint density at radius 1 is 1.14 bits per heavy atom. The fourth-order valence-electron chi connectivity index (χ4n) is 4.19. The van der Waals surface area contributed by atoms with E-state index in [1.54, 1.807) is 19.1 Å². The lowest BCUT2D eigenvalue weighted by molar-refractivity contribution is 0.0600. The van der Waals surface area contributed by atoms with Crippen molar-refractivity contribution < 1.29 is 27.9 Å². The van der Waals surface area contributed by atoms with Crippen LogP contribution in [0.2, 0.25) is 0 Å². The van der Waals surface area contributed by atoms with E-state index >= 15 is 0 Å². The molecule has 176 valence electrons. The second-order valence-corrected chi connectivity index (χ2v) is 8.95. The molecule has 0 fully saturated rings. The summed E-state index contributed by atoms with van der Waals surface area (Å²) in [5, 5.41) is 0.204. The minimum Gasteiger partial charge on any atom is -0.465 e. The lowest BCUT2D eigenvalue weighted by Crippen LogP contribution is -2.29. The largest absolute Gasteiger partial charge is 0.465 e. The van der Waals surface area contributed by atoms with Crippen LogP contribution in [0, 0.1) is 12.7 Å². The number of benzene rings is 2. The van der Waals surface area contributed by atoms with E-state index in [0.717, 1.165) is 23.5 Å². The number of hydrogen-bond acceptors (Lipinski definition) is 8. The number of Topliss-reactive ketones (excluding diaryl/α,β-unsaturated/α-hetero) is 1. The number of aryl methyl sites for hydroxylation is 1. The number of ether oxygens (including phenoxy) is 1. The first-order chi connectivity index (χ1) is 16.7. The summed E-state index contributed by atoms with van der Waals surface area (Å²) in [6.07, 6.45) is 0. The number of esters is 1. The zero-order valence-electron chi connectivity index (χ0n) is 18.7. The van der Waals surface area contributed by atoms with Gasteiger partial charge in [-0.2, -0.15) is 0 Å². The van der Waals surface area contributed by atoms with Crippen molar-refractivity contribution in [3.05, 3.63) is 91.5 Å². The van der Waals surface area contributed by atoms with E-state index in [0.29, 0.717) is 16.1 Å². The van der Waals surface area contributed by atoms with Crippen molar-refractivity contribution in [1.29, 1.82) is 0 Å². The Bertz CT molecular complexity index is 1600. The maximum atomic E-state index is 13.9. The van der Waals surface area contributed by atoms with Crippen LogP contribution in [-0.2, 0) is 4.74 Å². The van der Waals surface area contributed by atoms with E-state index in [4.69, 9.17) is 9.15 Å². The predicted molar refractivity (Wildman–Crippen MR) is 126 cm³/mol. The molecule has 35 heavy (non-hydrogen) atoms. The molecule has 3 heterocycles. The monoisotopic (exact) mass is 492 g/mol. The molecule has 2 aromatic carbocycles. The third-order valence-corrected chi connectivity index (χ3v) is 7.05. The van der Waals surface area contributed by atoms with Gasteiger partial charge in [0.05, 0.1) is 40.2 Å². The molecule has 2 aromatic heterocycles. The van der Waals surface area contributed by atoms with Crippen molar-refractivity contribution in [2.24, 2.45) is 0 Å². The number of carbonyl (C=O) groups is 3. The normalized spacial score (nSPS) is 14.9. The van der Waals surface area contributed by atoms with Gasteiger partial charge in [0.15, 0.2) is 16.3 Å². The van der Waals surface area contributed by atoms with Gasteiger partial charge in [0, 0.05) is 6.92 Å². The number of anilines is 1. The zero-order valence-corrected chi connectivity index (χ0v) is 19.6. The highest BCUT2D eigenvalue weighted by molar-refractivity contribution is 7.17. The van der Waals surface area contributed by atoms with Crippen LogP contribution >= 0.6 is 11.3 Å². The number of fused-ring (bicyclic) bond motifs is 2. The van der Waals surface area contributed by atoms with Crippen LogP contribution in [0.4, 0.5) is 9.52 Å². The van der Waals surface area contributed by atoms with E-state index in [9.17, 15) is 23.6 Å². The van der Waals surface area contributed by atoms with Crippen LogP contribution in [0.15, 0.2) is 51.7 Å². The van der Waals surface area contributed by atoms with Crippen LogP contribution in [0.1, 0.15) is 60.4 Å². The van der Waals surface area contributed by atoms with E-state index in [2.05, 4.69) is 4.98 Å². The molecule has 4 aromatic rings. The Kier molecular flexibility index (Phi) is 5.32. The summed E-state index contributed by atoms with van der Waals surface area (Å²) < 4.78 is 24.5. The van der Waals surface area contributed by atoms with Gasteiger partial charge in [0.1, 0.15) is 11.4 Å². The molecule has 1 aliphatic heterocycles. The van der Waals surface area contributed by atoms with Crippen molar-refractivity contribution >= 4 is 45.1 Å². The van der Waals surface area contributed by atoms with Gasteiger partial charge in [-0.05, 0) is 42.8 Å². The first-order valence-electron chi connectivity index (χ1n) is 10.5. The Morgan fingerprint density at radius 2 is 1.86 bits per heavy atom. The average Bonchev–Trinajstić information content (AvgIpc) is 3.37.